The van der Waals surface area contributed by atoms with Gasteiger partial charge in [-0.05, 0) is 35.7 Å². The molecule has 31 heavy (non-hydrogen) atoms. The molecule has 4 nitrogen and oxygen atoms in total. The lowest BCUT2D eigenvalue weighted by molar-refractivity contribution is -0.140. The Hall–Kier alpha value is -3.11. The summed E-state index contributed by atoms with van der Waals surface area (Å²) in [7, 11) is 1.58. The summed E-state index contributed by atoms with van der Waals surface area (Å²) in [5.41, 5.74) is 3.02. The van der Waals surface area contributed by atoms with E-state index < -0.39 is 6.04 Å². The zero-order chi connectivity index (χ0) is 22.2. The molecule has 5 heteroatoms. The monoisotopic (exact) mass is 434 g/mol. The fourth-order valence-electron chi connectivity index (χ4n) is 3.71. The van der Waals surface area contributed by atoms with Gasteiger partial charge in [-0.1, -0.05) is 84.4 Å². The number of hydrogen-bond donors (Lipinski definition) is 1. The van der Waals surface area contributed by atoms with Gasteiger partial charge in [0.05, 0.1) is 0 Å². The van der Waals surface area contributed by atoms with Crippen molar-refractivity contribution in [2.45, 2.75) is 31.8 Å². The number of carbonyl (C=O) groups is 2. The van der Waals surface area contributed by atoms with Gasteiger partial charge in [-0.3, -0.25) is 9.59 Å². The third-order valence-corrected chi connectivity index (χ3v) is 5.67. The molecule has 0 heterocycles. The van der Waals surface area contributed by atoms with E-state index in [2.05, 4.69) is 5.32 Å². The molecule has 3 aromatic rings. The summed E-state index contributed by atoms with van der Waals surface area (Å²) in [6.45, 7) is 2.06. The molecule has 0 saturated carbocycles. The van der Waals surface area contributed by atoms with Crippen LogP contribution in [0.25, 0.3) is 0 Å². The normalized spacial score (nSPS) is 11.7. The van der Waals surface area contributed by atoms with Crippen molar-refractivity contribution in [3.05, 3.63) is 107 Å². The van der Waals surface area contributed by atoms with Crippen LogP contribution in [0.4, 0.5) is 0 Å². The first-order valence-electron chi connectivity index (χ1n) is 10.3. The van der Waals surface area contributed by atoms with E-state index >= 15 is 0 Å². The molecule has 1 atom stereocenters. The van der Waals surface area contributed by atoms with E-state index in [4.69, 9.17) is 11.6 Å². The Labute approximate surface area is 188 Å². The molecule has 0 aliphatic heterocycles. The number of rotatable bonds is 8. The summed E-state index contributed by atoms with van der Waals surface area (Å²) in [5.74, 6) is -0.395. The van der Waals surface area contributed by atoms with Crippen LogP contribution >= 0.6 is 11.6 Å². The van der Waals surface area contributed by atoms with E-state index in [-0.39, 0.29) is 24.2 Å². The summed E-state index contributed by atoms with van der Waals surface area (Å²) in [6, 6.07) is 26.8. The number of carbonyl (C=O) groups excluding carboxylic acids is 2. The number of nitrogens with zero attached hydrogens (tertiary/aromatic N) is 1. The molecule has 160 valence electrons. The summed E-state index contributed by atoms with van der Waals surface area (Å²) in [6.07, 6.45) is 0.260. The molecule has 1 N–H and O–H groups in total. The summed E-state index contributed by atoms with van der Waals surface area (Å²) >= 11 is 6.14. The quantitative estimate of drug-likeness (QED) is 0.540. The van der Waals surface area contributed by atoms with Gasteiger partial charge in [-0.15, -0.1) is 0 Å². The third kappa shape index (κ3) is 5.96. The van der Waals surface area contributed by atoms with Crippen molar-refractivity contribution in [1.82, 2.24) is 10.2 Å². The molecule has 3 aromatic carbocycles. The van der Waals surface area contributed by atoms with Crippen LogP contribution in [0.2, 0.25) is 5.02 Å². The topological polar surface area (TPSA) is 49.4 Å². The zero-order valence-electron chi connectivity index (χ0n) is 17.8. The van der Waals surface area contributed by atoms with E-state index in [1.54, 1.807) is 24.9 Å². The van der Waals surface area contributed by atoms with Crippen LogP contribution in [-0.4, -0.2) is 29.8 Å². The number of halogens is 1. The molecule has 0 aromatic heterocycles. The first-order chi connectivity index (χ1) is 15.0. The van der Waals surface area contributed by atoms with Crippen molar-refractivity contribution < 1.29 is 9.59 Å². The minimum absolute atomic E-state index is 0.0891. The zero-order valence-corrected chi connectivity index (χ0v) is 18.5. The molecule has 0 aliphatic carbocycles. The van der Waals surface area contributed by atoms with Gasteiger partial charge < -0.3 is 10.2 Å². The van der Waals surface area contributed by atoms with E-state index in [0.29, 0.717) is 11.6 Å². The maximum absolute atomic E-state index is 13.6. The van der Waals surface area contributed by atoms with Gasteiger partial charge in [0.2, 0.25) is 11.8 Å². The minimum atomic E-state index is -0.608. The molecule has 2 amide bonds. The van der Waals surface area contributed by atoms with Crippen LogP contribution < -0.4 is 5.32 Å². The van der Waals surface area contributed by atoms with Crippen molar-refractivity contribution >= 4 is 23.4 Å². The highest BCUT2D eigenvalue weighted by atomic mass is 35.5. The first kappa shape index (κ1) is 22.6. The molecular weight excluding hydrogens is 408 g/mol. The van der Waals surface area contributed by atoms with Gasteiger partial charge in [0.15, 0.2) is 0 Å². The first-order valence-corrected chi connectivity index (χ1v) is 10.7. The Morgan fingerprint density at radius 3 is 2.00 bits per heavy atom. The molecule has 0 spiro atoms. The fraction of sp³-hybridized carbons (Fsp3) is 0.231. The Morgan fingerprint density at radius 2 is 1.48 bits per heavy atom. The van der Waals surface area contributed by atoms with Crippen LogP contribution in [-0.2, 0) is 16.1 Å². The third-order valence-electron chi connectivity index (χ3n) is 5.44. The lowest BCUT2D eigenvalue weighted by atomic mass is 9.88. The molecule has 0 radical (unpaired) electrons. The Morgan fingerprint density at radius 1 is 0.903 bits per heavy atom. The van der Waals surface area contributed by atoms with Crippen molar-refractivity contribution in [2.24, 2.45) is 0 Å². The summed E-state index contributed by atoms with van der Waals surface area (Å²) in [5, 5.41) is 3.26. The van der Waals surface area contributed by atoms with Crippen molar-refractivity contribution in [3.8, 4) is 0 Å². The van der Waals surface area contributed by atoms with Gasteiger partial charge in [-0.25, -0.2) is 0 Å². The molecule has 0 unspecified atom stereocenters. The number of nitrogens with one attached hydrogen (secondary N) is 1. The van der Waals surface area contributed by atoms with E-state index in [1.807, 2.05) is 78.9 Å². The molecule has 0 saturated heterocycles. The molecular formula is C26H27ClN2O2. The standard InChI is InChI=1S/C26H27ClN2O2/c1-19(26(31)28-2)29(18-20-10-9-15-23(27)16-20)25(30)17-24(21-11-5-3-6-12-21)22-13-7-4-8-14-22/h3-16,19,24H,17-18H2,1-2H3,(H,28,31)/t19-/m1/s1. The van der Waals surface area contributed by atoms with Crippen LogP contribution in [0.1, 0.15) is 36.0 Å². The second kappa shape index (κ2) is 10.8. The van der Waals surface area contributed by atoms with E-state index in [0.717, 1.165) is 16.7 Å². The highest BCUT2D eigenvalue weighted by molar-refractivity contribution is 6.30. The average Bonchev–Trinajstić information content (AvgIpc) is 2.81. The SMILES string of the molecule is CNC(=O)[C@@H](C)N(Cc1cccc(Cl)c1)C(=O)CC(c1ccccc1)c1ccccc1. The molecule has 0 aliphatic rings. The Bertz CT molecular complexity index is 969. The van der Waals surface area contributed by atoms with Crippen LogP contribution in [0.5, 0.6) is 0 Å². The lowest BCUT2D eigenvalue weighted by Gasteiger charge is -2.30. The molecule has 3 rings (SSSR count). The van der Waals surface area contributed by atoms with Crippen LogP contribution in [0, 0.1) is 0 Å². The van der Waals surface area contributed by atoms with Crippen LogP contribution in [0.15, 0.2) is 84.9 Å². The number of amides is 2. The summed E-state index contributed by atoms with van der Waals surface area (Å²) in [4.78, 5) is 27.6. The average molecular weight is 435 g/mol. The molecule has 0 fully saturated rings. The Balaban J connectivity index is 1.91. The second-order valence-electron chi connectivity index (χ2n) is 7.52. The number of hydrogen-bond acceptors (Lipinski definition) is 2. The Kier molecular flexibility index (Phi) is 7.85. The van der Waals surface area contributed by atoms with E-state index in [9.17, 15) is 9.59 Å². The maximum atomic E-state index is 13.6. The maximum Gasteiger partial charge on any atom is 0.242 e. The largest absolute Gasteiger partial charge is 0.357 e. The fourth-order valence-corrected chi connectivity index (χ4v) is 3.93. The van der Waals surface area contributed by atoms with Crippen molar-refractivity contribution in [2.75, 3.05) is 7.05 Å². The predicted molar refractivity (Wildman–Crippen MR) is 125 cm³/mol. The number of benzene rings is 3. The highest BCUT2D eigenvalue weighted by Crippen LogP contribution is 2.29. The van der Waals surface area contributed by atoms with Crippen LogP contribution in [0.3, 0.4) is 0 Å². The minimum Gasteiger partial charge on any atom is -0.357 e. The van der Waals surface area contributed by atoms with Crippen molar-refractivity contribution in [1.29, 1.82) is 0 Å². The highest BCUT2D eigenvalue weighted by Gasteiger charge is 2.28. The van der Waals surface area contributed by atoms with Gasteiger partial charge >= 0.3 is 0 Å². The van der Waals surface area contributed by atoms with E-state index in [1.165, 1.54) is 0 Å². The second-order valence-corrected chi connectivity index (χ2v) is 7.96. The van der Waals surface area contributed by atoms with Gasteiger partial charge in [-0.2, -0.15) is 0 Å². The number of likely N-dealkylation sites (N-methyl/N-ethyl adjacent to an activating group) is 1. The lowest BCUT2D eigenvalue weighted by Crippen LogP contribution is -2.47. The summed E-state index contributed by atoms with van der Waals surface area (Å²) < 4.78 is 0. The van der Waals surface area contributed by atoms with Crippen molar-refractivity contribution in [3.63, 3.8) is 0 Å². The van der Waals surface area contributed by atoms with Gasteiger partial charge in [0.1, 0.15) is 6.04 Å². The van der Waals surface area contributed by atoms with Gasteiger partial charge in [0.25, 0.3) is 0 Å². The molecule has 0 bridgehead atoms. The van der Waals surface area contributed by atoms with Gasteiger partial charge in [0, 0.05) is 31.0 Å². The smallest absolute Gasteiger partial charge is 0.242 e. The predicted octanol–water partition coefficient (Wildman–Crippen LogP) is 5.03.